The van der Waals surface area contributed by atoms with Crippen molar-refractivity contribution in [2.75, 3.05) is 13.6 Å². The van der Waals surface area contributed by atoms with Crippen molar-refractivity contribution in [3.63, 3.8) is 0 Å². The fraction of sp³-hybridized carbons (Fsp3) is 0.923. The molecule has 2 saturated heterocycles. The van der Waals surface area contributed by atoms with Crippen molar-refractivity contribution in [1.82, 2.24) is 10.2 Å². The molecule has 2 rings (SSSR count). The number of nitrogens with zero attached hydrogens (tertiary/aromatic N) is 1. The predicted molar refractivity (Wildman–Crippen MR) is 65.1 cm³/mol. The maximum absolute atomic E-state index is 12.2. The number of likely N-dealkylation sites (tertiary alicyclic amines) is 1. The Morgan fingerprint density at radius 2 is 2.31 bits per heavy atom. The highest BCUT2D eigenvalue weighted by Crippen LogP contribution is 2.32. The van der Waals surface area contributed by atoms with E-state index in [1.807, 2.05) is 11.9 Å². The minimum atomic E-state index is 0.259. The Kier molecular flexibility index (Phi) is 3.53. The van der Waals surface area contributed by atoms with Crippen LogP contribution < -0.4 is 5.32 Å². The van der Waals surface area contributed by atoms with E-state index in [1.54, 1.807) is 0 Å². The van der Waals surface area contributed by atoms with Crippen LogP contribution in [-0.4, -0.2) is 36.5 Å². The van der Waals surface area contributed by atoms with Crippen LogP contribution in [0.5, 0.6) is 0 Å². The second kappa shape index (κ2) is 4.74. The van der Waals surface area contributed by atoms with Crippen molar-refractivity contribution < 1.29 is 4.79 Å². The van der Waals surface area contributed by atoms with E-state index in [1.165, 1.54) is 12.8 Å². The van der Waals surface area contributed by atoms with Crippen molar-refractivity contribution >= 4 is 5.91 Å². The Balaban J connectivity index is 2.07. The van der Waals surface area contributed by atoms with Gasteiger partial charge in [0.2, 0.25) is 5.91 Å². The first-order valence-electron chi connectivity index (χ1n) is 6.65. The molecule has 3 nitrogen and oxygen atoms in total. The lowest BCUT2D eigenvalue weighted by atomic mass is 9.82. The second-order valence-electron chi connectivity index (χ2n) is 5.47. The molecule has 16 heavy (non-hydrogen) atoms. The lowest BCUT2D eigenvalue weighted by Gasteiger charge is -2.42. The van der Waals surface area contributed by atoms with Crippen LogP contribution in [0.2, 0.25) is 0 Å². The average molecular weight is 224 g/mol. The van der Waals surface area contributed by atoms with E-state index in [0.29, 0.717) is 23.9 Å². The Labute approximate surface area is 98.6 Å². The maximum atomic E-state index is 12.2. The minimum Gasteiger partial charge on any atom is -0.342 e. The van der Waals surface area contributed by atoms with E-state index in [2.05, 4.69) is 19.2 Å². The largest absolute Gasteiger partial charge is 0.342 e. The standard InChI is InChI=1S/C13H24N2O/c1-4-5-9(2)12-8-11-10(6-7-14-11)13(16)15(12)3/h9-12,14H,4-8H2,1-3H3. The maximum Gasteiger partial charge on any atom is 0.227 e. The molecule has 0 spiro atoms. The van der Waals surface area contributed by atoms with Crippen molar-refractivity contribution in [1.29, 1.82) is 0 Å². The van der Waals surface area contributed by atoms with E-state index in [0.717, 1.165) is 19.4 Å². The number of piperidine rings is 1. The monoisotopic (exact) mass is 224 g/mol. The molecule has 0 aliphatic carbocycles. The summed E-state index contributed by atoms with van der Waals surface area (Å²) in [6.45, 7) is 5.52. The molecule has 2 fully saturated rings. The van der Waals surface area contributed by atoms with E-state index in [9.17, 15) is 4.79 Å². The zero-order valence-corrected chi connectivity index (χ0v) is 10.7. The van der Waals surface area contributed by atoms with Gasteiger partial charge in [0.1, 0.15) is 0 Å². The molecule has 3 heteroatoms. The van der Waals surface area contributed by atoms with Crippen LogP contribution in [0, 0.1) is 11.8 Å². The number of rotatable bonds is 3. The highest BCUT2D eigenvalue weighted by molar-refractivity contribution is 5.81. The predicted octanol–water partition coefficient (Wildman–Crippen LogP) is 1.63. The zero-order valence-electron chi connectivity index (χ0n) is 10.7. The van der Waals surface area contributed by atoms with Crippen LogP contribution in [0.15, 0.2) is 0 Å². The van der Waals surface area contributed by atoms with Crippen LogP contribution in [-0.2, 0) is 4.79 Å². The van der Waals surface area contributed by atoms with Gasteiger partial charge in [-0.1, -0.05) is 20.3 Å². The summed E-state index contributed by atoms with van der Waals surface area (Å²) < 4.78 is 0. The van der Waals surface area contributed by atoms with E-state index < -0.39 is 0 Å². The van der Waals surface area contributed by atoms with Gasteiger partial charge in [-0.2, -0.15) is 0 Å². The second-order valence-corrected chi connectivity index (χ2v) is 5.47. The number of carbonyl (C=O) groups excluding carboxylic acids is 1. The molecule has 92 valence electrons. The van der Waals surface area contributed by atoms with Gasteiger partial charge in [-0.15, -0.1) is 0 Å². The lowest BCUT2D eigenvalue weighted by molar-refractivity contribution is -0.141. The molecule has 2 aliphatic rings. The number of carbonyl (C=O) groups is 1. The van der Waals surface area contributed by atoms with Crippen LogP contribution in [0.3, 0.4) is 0 Å². The van der Waals surface area contributed by atoms with Crippen LogP contribution in [0.4, 0.5) is 0 Å². The van der Waals surface area contributed by atoms with E-state index in [-0.39, 0.29) is 5.92 Å². The average Bonchev–Trinajstić information content (AvgIpc) is 2.71. The van der Waals surface area contributed by atoms with E-state index >= 15 is 0 Å². The molecule has 0 radical (unpaired) electrons. The first kappa shape index (κ1) is 11.9. The lowest BCUT2D eigenvalue weighted by Crippen LogP contribution is -2.54. The summed E-state index contributed by atoms with van der Waals surface area (Å²) in [5, 5.41) is 3.49. The summed E-state index contributed by atoms with van der Waals surface area (Å²) in [6.07, 6.45) is 4.61. The summed E-state index contributed by atoms with van der Waals surface area (Å²) in [4.78, 5) is 14.2. The Hall–Kier alpha value is -0.570. The van der Waals surface area contributed by atoms with Crippen molar-refractivity contribution in [3.05, 3.63) is 0 Å². The molecule has 2 aliphatic heterocycles. The van der Waals surface area contributed by atoms with Gasteiger partial charge in [-0.05, 0) is 31.7 Å². The normalized spacial score (nSPS) is 36.3. The summed E-state index contributed by atoms with van der Waals surface area (Å²) >= 11 is 0. The smallest absolute Gasteiger partial charge is 0.227 e. The summed E-state index contributed by atoms with van der Waals surface area (Å²) in [5.41, 5.74) is 0. The fourth-order valence-corrected chi connectivity index (χ4v) is 3.42. The zero-order chi connectivity index (χ0) is 11.7. The van der Waals surface area contributed by atoms with Crippen LogP contribution >= 0.6 is 0 Å². The van der Waals surface area contributed by atoms with Gasteiger partial charge in [-0.3, -0.25) is 4.79 Å². The van der Waals surface area contributed by atoms with E-state index in [4.69, 9.17) is 0 Å². The number of hydrogen-bond donors (Lipinski definition) is 1. The van der Waals surface area contributed by atoms with Crippen LogP contribution in [0.25, 0.3) is 0 Å². The first-order valence-corrected chi connectivity index (χ1v) is 6.65. The van der Waals surface area contributed by atoms with Crippen molar-refractivity contribution in [3.8, 4) is 0 Å². The molecule has 2 heterocycles. The van der Waals surface area contributed by atoms with Crippen molar-refractivity contribution in [2.45, 2.75) is 51.6 Å². The SMILES string of the molecule is CCCC(C)C1CC2NCCC2C(=O)N1C. The van der Waals surface area contributed by atoms with Gasteiger partial charge in [-0.25, -0.2) is 0 Å². The molecule has 0 saturated carbocycles. The highest BCUT2D eigenvalue weighted by atomic mass is 16.2. The van der Waals surface area contributed by atoms with Gasteiger partial charge >= 0.3 is 0 Å². The molecule has 1 amide bonds. The first-order chi connectivity index (χ1) is 7.65. The molecule has 4 unspecified atom stereocenters. The Morgan fingerprint density at radius 1 is 1.56 bits per heavy atom. The quantitative estimate of drug-likeness (QED) is 0.790. The summed E-state index contributed by atoms with van der Waals surface area (Å²) in [6, 6.07) is 0.896. The molecular formula is C13H24N2O. The molecule has 4 atom stereocenters. The number of fused-ring (bicyclic) bond motifs is 1. The van der Waals surface area contributed by atoms with Gasteiger partial charge in [0, 0.05) is 19.1 Å². The van der Waals surface area contributed by atoms with Gasteiger partial charge < -0.3 is 10.2 Å². The molecular weight excluding hydrogens is 200 g/mol. The topological polar surface area (TPSA) is 32.3 Å². The minimum absolute atomic E-state index is 0.259. The number of nitrogens with one attached hydrogen (secondary N) is 1. The highest BCUT2D eigenvalue weighted by Gasteiger charge is 2.43. The van der Waals surface area contributed by atoms with Gasteiger partial charge in [0.05, 0.1) is 5.92 Å². The third-order valence-corrected chi connectivity index (χ3v) is 4.41. The van der Waals surface area contributed by atoms with Gasteiger partial charge in [0.25, 0.3) is 0 Å². The summed E-state index contributed by atoms with van der Waals surface area (Å²) in [5.74, 6) is 1.26. The third kappa shape index (κ3) is 1.97. The van der Waals surface area contributed by atoms with Crippen LogP contribution in [0.1, 0.15) is 39.5 Å². The molecule has 0 bridgehead atoms. The number of hydrogen-bond acceptors (Lipinski definition) is 2. The third-order valence-electron chi connectivity index (χ3n) is 4.41. The molecule has 0 aromatic carbocycles. The molecule has 1 N–H and O–H groups in total. The van der Waals surface area contributed by atoms with Gasteiger partial charge in [0.15, 0.2) is 0 Å². The Morgan fingerprint density at radius 3 is 3.00 bits per heavy atom. The fourth-order valence-electron chi connectivity index (χ4n) is 3.42. The number of amides is 1. The summed E-state index contributed by atoms with van der Waals surface area (Å²) in [7, 11) is 1.99. The van der Waals surface area contributed by atoms with Crippen molar-refractivity contribution in [2.24, 2.45) is 11.8 Å². The molecule has 0 aromatic heterocycles. The Bertz CT molecular complexity index is 267. The molecule has 0 aromatic rings.